The van der Waals surface area contributed by atoms with Crippen LogP contribution in [0.15, 0.2) is 78.9 Å². The summed E-state index contributed by atoms with van der Waals surface area (Å²) in [6.45, 7) is 0.614. The SMILES string of the molecule is O=C1N(c2ccccc2)C(=O)C2(Cc3cc([N+](=O)[O-])ccc3N3CCC[C@@H]32)C(=O)N1c1ccccc1. The molecular weight excluding hydrogens is 460 g/mol. The first-order chi connectivity index (χ1) is 17.4. The number of barbiturate groups is 1. The normalized spacial score (nSPS) is 20.5. The smallest absolute Gasteiger partial charge is 0.342 e. The van der Waals surface area contributed by atoms with Crippen LogP contribution in [0.3, 0.4) is 0 Å². The summed E-state index contributed by atoms with van der Waals surface area (Å²) in [6.07, 6.45) is 1.32. The molecule has 6 rings (SSSR count). The van der Waals surface area contributed by atoms with Crippen LogP contribution in [0.25, 0.3) is 0 Å². The van der Waals surface area contributed by atoms with Crippen LogP contribution < -0.4 is 14.7 Å². The van der Waals surface area contributed by atoms with Gasteiger partial charge in [0, 0.05) is 30.8 Å². The van der Waals surface area contributed by atoms with E-state index in [0.29, 0.717) is 29.9 Å². The van der Waals surface area contributed by atoms with E-state index in [1.54, 1.807) is 66.7 Å². The number of urea groups is 1. The standard InChI is InChI=1S/C27H22N4O5/c32-24-27(17-18-16-21(31(35)36)13-14-22(18)28-15-7-12-23(27)28)25(33)30(20-10-5-2-6-11-20)26(34)29(24)19-8-3-1-4-9-19/h1-6,8-11,13-14,16,23H,7,12,15,17H2/t23-/m1/s1. The van der Waals surface area contributed by atoms with Crippen molar-refractivity contribution >= 4 is 40.6 Å². The van der Waals surface area contributed by atoms with Crippen molar-refractivity contribution in [2.24, 2.45) is 5.41 Å². The van der Waals surface area contributed by atoms with Crippen LogP contribution in [-0.4, -0.2) is 35.4 Å². The molecule has 2 saturated heterocycles. The van der Waals surface area contributed by atoms with E-state index in [9.17, 15) is 24.5 Å². The molecule has 9 heteroatoms. The number of carbonyl (C=O) groups excluding carboxylic acids is 3. The van der Waals surface area contributed by atoms with Crippen LogP contribution in [0.2, 0.25) is 0 Å². The number of hydrogen-bond donors (Lipinski definition) is 0. The number of nitro groups is 1. The van der Waals surface area contributed by atoms with Crippen molar-refractivity contribution in [3.8, 4) is 0 Å². The average molecular weight is 482 g/mol. The summed E-state index contributed by atoms with van der Waals surface area (Å²) in [5.41, 5.74) is 0.374. The van der Waals surface area contributed by atoms with Crippen molar-refractivity contribution in [1.29, 1.82) is 0 Å². The van der Waals surface area contributed by atoms with Crippen LogP contribution in [0.1, 0.15) is 18.4 Å². The molecule has 3 aromatic carbocycles. The third kappa shape index (κ3) is 2.98. The Bertz CT molecular complexity index is 1350. The minimum Gasteiger partial charge on any atom is -0.367 e. The fourth-order valence-corrected chi connectivity index (χ4v) is 5.90. The van der Waals surface area contributed by atoms with Crippen LogP contribution >= 0.6 is 0 Å². The van der Waals surface area contributed by atoms with Crippen molar-refractivity contribution in [3.63, 3.8) is 0 Å². The van der Waals surface area contributed by atoms with Gasteiger partial charge in [-0.1, -0.05) is 36.4 Å². The topological polar surface area (TPSA) is 104 Å². The van der Waals surface area contributed by atoms with Crippen molar-refractivity contribution in [3.05, 3.63) is 94.5 Å². The number of carbonyl (C=O) groups is 3. The van der Waals surface area contributed by atoms with Gasteiger partial charge in [0.15, 0.2) is 5.41 Å². The van der Waals surface area contributed by atoms with E-state index in [1.165, 1.54) is 12.1 Å². The molecule has 3 aliphatic rings. The Hall–Kier alpha value is -4.53. The van der Waals surface area contributed by atoms with E-state index in [4.69, 9.17) is 0 Å². The number of nitro benzene ring substituents is 1. The molecule has 0 radical (unpaired) electrons. The number of amides is 4. The van der Waals surface area contributed by atoms with E-state index < -0.39 is 34.2 Å². The predicted octanol–water partition coefficient (Wildman–Crippen LogP) is 4.31. The predicted molar refractivity (Wildman–Crippen MR) is 133 cm³/mol. The minimum absolute atomic E-state index is 0.0250. The zero-order valence-corrected chi connectivity index (χ0v) is 19.2. The Labute approximate surface area is 206 Å². The highest BCUT2D eigenvalue weighted by atomic mass is 16.6. The third-order valence-corrected chi connectivity index (χ3v) is 7.46. The first kappa shape index (κ1) is 22.0. The Morgan fingerprint density at radius 1 is 0.833 bits per heavy atom. The van der Waals surface area contributed by atoms with Gasteiger partial charge in [0.2, 0.25) is 0 Å². The monoisotopic (exact) mass is 482 g/mol. The minimum atomic E-state index is -1.61. The molecule has 9 nitrogen and oxygen atoms in total. The first-order valence-corrected chi connectivity index (χ1v) is 11.8. The highest BCUT2D eigenvalue weighted by Gasteiger charge is 2.65. The Morgan fingerprint density at radius 3 is 1.97 bits per heavy atom. The zero-order chi connectivity index (χ0) is 25.0. The van der Waals surface area contributed by atoms with Gasteiger partial charge >= 0.3 is 6.03 Å². The number of para-hydroxylation sites is 2. The van der Waals surface area contributed by atoms with Crippen LogP contribution in [0.4, 0.5) is 27.5 Å². The molecule has 0 saturated carbocycles. The lowest BCUT2D eigenvalue weighted by Gasteiger charge is -2.51. The second-order valence-corrected chi connectivity index (χ2v) is 9.30. The molecule has 3 heterocycles. The van der Waals surface area contributed by atoms with Crippen LogP contribution in [-0.2, 0) is 16.0 Å². The second kappa shape index (κ2) is 8.01. The van der Waals surface area contributed by atoms with Gasteiger partial charge in [-0.3, -0.25) is 19.7 Å². The molecule has 0 aromatic heterocycles. The Morgan fingerprint density at radius 2 is 1.42 bits per heavy atom. The maximum absolute atomic E-state index is 14.4. The van der Waals surface area contributed by atoms with Gasteiger partial charge in [0.05, 0.1) is 22.3 Å². The van der Waals surface area contributed by atoms with Crippen molar-refractivity contribution < 1.29 is 19.3 Å². The number of non-ortho nitro benzene ring substituents is 1. The lowest BCUT2D eigenvalue weighted by molar-refractivity contribution is -0.384. The quantitative estimate of drug-likeness (QED) is 0.313. The maximum atomic E-state index is 14.4. The van der Waals surface area contributed by atoms with Crippen molar-refractivity contribution in [2.45, 2.75) is 25.3 Å². The summed E-state index contributed by atoms with van der Waals surface area (Å²) >= 11 is 0. The lowest BCUT2D eigenvalue weighted by Crippen LogP contribution is -2.72. The number of nitrogens with zero attached hydrogens (tertiary/aromatic N) is 4. The zero-order valence-electron chi connectivity index (χ0n) is 19.2. The largest absolute Gasteiger partial charge is 0.367 e. The van der Waals surface area contributed by atoms with Gasteiger partial charge in [-0.2, -0.15) is 0 Å². The molecule has 0 aliphatic carbocycles. The van der Waals surface area contributed by atoms with Crippen LogP contribution in [0.5, 0.6) is 0 Å². The fraction of sp³-hybridized carbons (Fsp3) is 0.222. The number of rotatable bonds is 3. The lowest BCUT2D eigenvalue weighted by atomic mass is 9.68. The number of benzene rings is 3. The molecule has 0 N–H and O–H groups in total. The van der Waals surface area contributed by atoms with Gasteiger partial charge in [-0.15, -0.1) is 0 Å². The third-order valence-electron chi connectivity index (χ3n) is 7.46. The van der Waals surface area contributed by atoms with Gasteiger partial charge in [-0.05, 0) is 48.7 Å². The number of hydrogen-bond acceptors (Lipinski definition) is 6. The molecule has 0 bridgehead atoms. The van der Waals surface area contributed by atoms with E-state index in [2.05, 4.69) is 0 Å². The van der Waals surface area contributed by atoms with E-state index in [-0.39, 0.29) is 12.1 Å². The molecule has 36 heavy (non-hydrogen) atoms. The Kier molecular flexibility index (Phi) is 4.89. The highest BCUT2D eigenvalue weighted by Crippen LogP contribution is 2.51. The molecule has 2 fully saturated rings. The summed E-state index contributed by atoms with van der Waals surface area (Å²) in [7, 11) is 0. The molecule has 180 valence electrons. The average Bonchev–Trinajstić information content (AvgIpc) is 3.39. The molecule has 4 amide bonds. The van der Waals surface area contributed by atoms with Crippen molar-refractivity contribution in [2.75, 3.05) is 21.2 Å². The fourth-order valence-electron chi connectivity index (χ4n) is 5.90. The molecule has 3 aliphatic heterocycles. The molecule has 1 atom stereocenters. The number of fused-ring (bicyclic) bond motifs is 4. The van der Waals surface area contributed by atoms with Crippen LogP contribution in [0, 0.1) is 15.5 Å². The molecule has 0 unspecified atom stereocenters. The van der Waals surface area contributed by atoms with Gasteiger partial charge in [0.25, 0.3) is 17.5 Å². The van der Waals surface area contributed by atoms with E-state index >= 15 is 0 Å². The van der Waals surface area contributed by atoms with E-state index in [1.807, 2.05) is 4.90 Å². The summed E-state index contributed by atoms with van der Waals surface area (Å²) in [5, 5.41) is 11.5. The molecule has 3 aromatic rings. The summed E-state index contributed by atoms with van der Waals surface area (Å²) in [5.74, 6) is -1.19. The summed E-state index contributed by atoms with van der Waals surface area (Å²) in [6, 6.07) is 20.5. The maximum Gasteiger partial charge on any atom is 0.342 e. The molecular formula is C27H22N4O5. The summed E-state index contributed by atoms with van der Waals surface area (Å²) in [4.78, 5) is 57.7. The van der Waals surface area contributed by atoms with Gasteiger partial charge in [0.1, 0.15) is 0 Å². The Balaban J connectivity index is 1.58. The van der Waals surface area contributed by atoms with Gasteiger partial charge < -0.3 is 4.90 Å². The molecule has 1 spiro atoms. The number of imide groups is 2. The van der Waals surface area contributed by atoms with E-state index in [0.717, 1.165) is 21.9 Å². The summed E-state index contributed by atoms with van der Waals surface area (Å²) < 4.78 is 0. The number of anilines is 3. The van der Waals surface area contributed by atoms with Gasteiger partial charge in [-0.25, -0.2) is 14.6 Å². The van der Waals surface area contributed by atoms with Crippen molar-refractivity contribution in [1.82, 2.24) is 0 Å². The second-order valence-electron chi connectivity index (χ2n) is 9.30. The highest BCUT2D eigenvalue weighted by molar-refractivity contribution is 6.39. The first-order valence-electron chi connectivity index (χ1n) is 11.8.